The Morgan fingerprint density at radius 3 is 2.14 bits per heavy atom. The maximum Gasteiger partial charge on any atom is 0.161 e. The molecule has 0 aliphatic carbocycles. The van der Waals surface area contributed by atoms with Crippen molar-refractivity contribution >= 4 is 0 Å². The minimum atomic E-state index is 0.442. The van der Waals surface area contributed by atoms with E-state index in [9.17, 15) is 0 Å². The summed E-state index contributed by atoms with van der Waals surface area (Å²) in [5.41, 5.74) is 1.01. The van der Waals surface area contributed by atoms with Crippen LogP contribution in [0.3, 0.4) is 0 Å². The first-order chi connectivity index (χ1) is 10.9. The fraction of sp³-hybridized carbons (Fsp3) is 0.333. The van der Waals surface area contributed by atoms with Gasteiger partial charge in [0, 0.05) is 18.6 Å². The molecule has 4 heteroatoms. The largest absolute Gasteiger partial charge is 0.491 e. The predicted molar refractivity (Wildman–Crippen MR) is 83.6 cm³/mol. The Hall–Kier alpha value is -2.20. The summed E-state index contributed by atoms with van der Waals surface area (Å²) < 4.78 is 23.0. The van der Waals surface area contributed by atoms with E-state index in [1.165, 1.54) is 0 Å². The number of ether oxygens (including phenoxy) is 4. The van der Waals surface area contributed by atoms with Gasteiger partial charge in [-0.05, 0) is 18.2 Å². The van der Waals surface area contributed by atoms with Gasteiger partial charge in [0.05, 0.1) is 13.2 Å². The van der Waals surface area contributed by atoms with Crippen molar-refractivity contribution in [3.8, 4) is 17.2 Å². The topological polar surface area (TPSA) is 36.9 Å². The molecule has 3 rings (SSSR count). The molecule has 22 heavy (non-hydrogen) atoms. The molecule has 4 nitrogen and oxygen atoms in total. The van der Waals surface area contributed by atoms with Crippen molar-refractivity contribution in [2.24, 2.45) is 0 Å². The van der Waals surface area contributed by atoms with Crippen molar-refractivity contribution < 1.29 is 18.9 Å². The number of para-hydroxylation sites is 3. The lowest BCUT2D eigenvalue weighted by atomic mass is 10.2. The highest BCUT2D eigenvalue weighted by molar-refractivity contribution is 5.40. The molecule has 1 aliphatic rings. The van der Waals surface area contributed by atoms with Crippen molar-refractivity contribution in [3.63, 3.8) is 0 Å². The normalized spacial score (nSPS) is 16.0. The lowest BCUT2D eigenvalue weighted by Crippen LogP contribution is -2.12. The van der Waals surface area contributed by atoms with Crippen molar-refractivity contribution in [1.82, 2.24) is 0 Å². The van der Waals surface area contributed by atoms with Crippen molar-refractivity contribution in [2.45, 2.75) is 13.0 Å². The van der Waals surface area contributed by atoms with Gasteiger partial charge in [-0.15, -0.1) is 0 Å². The van der Waals surface area contributed by atoms with Gasteiger partial charge < -0.3 is 18.9 Å². The molecule has 0 saturated carbocycles. The highest BCUT2D eigenvalue weighted by Gasteiger charge is 2.08. The second kappa shape index (κ2) is 7.71. The highest BCUT2D eigenvalue weighted by atomic mass is 16.5. The summed E-state index contributed by atoms with van der Waals surface area (Å²) in [6, 6.07) is 15.6. The lowest BCUT2D eigenvalue weighted by molar-refractivity contribution is 0.0884. The number of benzene rings is 2. The Bertz CT molecular complexity index is 544. The lowest BCUT2D eigenvalue weighted by Gasteiger charge is -2.16. The van der Waals surface area contributed by atoms with Crippen LogP contribution in [0.1, 0.15) is 12.0 Å². The van der Waals surface area contributed by atoms with Crippen LogP contribution in [0.2, 0.25) is 0 Å². The molecule has 0 saturated heterocycles. The van der Waals surface area contributed by atoms with Gasteiger partial charge in [-0.2, -0.15) is 0 Å². The van der Waals surface area contributed by atoms with E-state index in [0.29, 0.717) is 33.0 Å². The van der Waals surface area contributed by atoms with Gasteiger partial charge in [0.25, 0.3) is 0 Å². The molecule has 0 unspecified atom stereocenters. The summed E-state index contributed by atoms with van der Waals surface area (Å²) in [5, 5.41) is 0. The van der Waals surface area contributed by atoms with Crippen molar-refractivity contribution in [3.05, 3.63) is 54.1 Å². The van der Waals surface area contributed by atoms with Gasteiger partial charge >= 0.3 is 0 Å². The van der Waals surface area contributed by atoms with E-state index in [1.54, 1.807) is 0 Å². The third kappa shape index (κ3) is 3.92. The maximum absolute atomic E-state index is 5.92. The number of hydrogen-bond donors (Lipinski definition) is 0. The van der Waals surface area contributed by atoms with Crippen LogP contribution in [0, 0.1) is 0 Å². The minimum Gasteiger partial charge on any atom is -0.491 e. The smallest absolute Gasteiger partial charge is 0.161 e. The molecule has 1 aliphatic heterocycles. The molecule has 0 spiro atoms. The van der Waals surface area contributed by atoms with Crippen molar-refractivity contribution in [2.75, 3.05) is 26.4 Å². The molecule has 2 aromatic carbocycles. The van der Waals surface area contributed by atoms with Gasteiger partial charge in [0.15, 0.2) is 11.5 Å². The average molecular weight is 300 g/mol. The molecular weight excluding hydrogens is 280 g/mol. The van der Waals surface area contributed by atoms with E-state index in [0.717, 1.165) is 29.2 Å². The van der Waals surface area contributed by atoms with E-state index in [-0.39, 0.29) is 0 Å². The summed E-state index contributed by atoms with van der Waals surface area (Å²) in [6.45, 7) is 2.82. The molecule has 0 fully saturated rings. The molecule has 0 radical (unpaired) electrons. The van der Waals surface area contributed by atoms with Gasteiger partial charge in [0.1, 0.15) is 19.0 Å². The van der Waals surface area contributed by atoms with Crippen LogP contribution in [0.15, 0.2) is 48.5 Å². The summed E-state index contributed by atoms with van der Waals surface area (Å²) in [7, 11) is 0. The quantitative estimate of drug-likeness (QED) is 0.747. The van der Waals surface area contributed by atoms with Crippen LogP contribution in [0.25, 0.3) is 0 Å². The van der Waals surface area contributed by atoms with Crippen LogP contribution in [-0.2, 0) is 11.3 Å². The average Bonchev–Trinajstić information content (AvgIpc) is 2.57. The van der Waals surface area contributed by atoms with Crippen LogP contribution in [0.5, 0.6) is 17.2 Å². The van der Waals surface area contributed by atoms with Gasteiger partial charge in [-0.1, -0.05) is 30.3 Å². The van der Waals surface area contributed by atoms with E-state index in [1.807, 2.05) is 48.5 Å². The Kier molecular flexibility index (Phi) is 5.16. The molecule has 0 N–H and O–H groups in total. The predicted octanol–water partition coefficient (Wildman–Crippen LogP) is 3.44. The van der Waals surface area contributed by atoms with Crippen molar-refractivity contribution in [1.29, 1.82) is 0 Å². The summed E-state index contributed by atoms with van der Waals surface area (Å²) in [4.78, 5) is 0. The maximum atomic E-state index is 5.92. The third-order valence-corrected chi connectivity index (χ3v) is 3.38. The Balaban J connectivity index is 1.79. The zero-order chi connectivity index (χ0) is 15.0. The van der Waals surface area contributed by atoms with Gasteiger partial charge in [-0.3, -0.25) is 0 Å². The Labute approximate surface area is 130 Å². The Morgan fingerprint density at radius 2 is 1.27 bits per heavy atom. The summed E-state index contributed by atoms with van der Waals surface area (Å²) in [6.07, 6.45) is 0.838. The van der Waals surface area contributed by atoms with E-state index in [4.69, 9.17) is 18.9 Å². The standard InChI is InChI=1S/C18H20O4/c1-2-7-16-15(6-1)14-22-18-9-4-3-8-17(18)20-11-5-10-19-12-13-21-16/h1-4,6-9H,5,10-14H2. The first-order valence-electron chi connectivity index (χ1n) is 7.56. The molecule has 116 valence electrons. The fourth-order valence-corrected chi connectivity index (χ4v) is 2.26. The number of hydrogen-bond acceptors (Lipinski definition) is 4. The minimum absolute atomic E-state index is 0.442. The monoisotopic (exact) mass is 300 g/mol. The summed E-state index contributed by atoms with van der Waals surface area (Å²) >= 11 is 0. The molecule has 0 amide bonds. The molecule has 0 aromatic heterocycles. The number of fused-ring (bicyclic) bond motifs is 2. The van der Waals surface area contributed by atoms with Crippen LogP contribution in [-0.4, -0.2) is 26.4 Å². The molecule has 0 atom stereocenters. The second-order valence-corrected chi connectivity index (χ2v) is 5.01. The van der Waals surface area contributed by atoms with Gasteiger partial charge in [-0.25, -0.2) is 0 Å². The van der Waals surface area contributed by atoms with Gasteiger partial charge in [0.2, 0.25) is 0 Å². The van der Waals surface area contributed by atoms with E-state index in [2.05, 4.69) is 0 Å². The zero-order valence-corrected chi connectivity index (χ0v) is 12.5. The second-order valence-electron chi connectivity index (χ2n) is 5.01. The number of rotatable bonds is 0. The van der Waals surface area contributed by atoms with Crippen LogP contribution in [0.4, 0.5) is 0 Å². The SMILES string of the molecule is c1ccc2c(c1)COc1ccccc1OCCCOCCO2. The molecule has 0 bridgehead atoms. The fourth-order valence-electron chi connectivity index (χ4n) is 2.26. The Morgan fingerprint density at radius 1 is 0.591 bits per heavy atom. The van der Waals surface area contributed by atoms with Crippen LogP contribution >= 0.6 is 0 Å². The van der Waals surface area contributed by atoms with E-state index < -0.39 is 0 Å². The zero-order valence-electron chi connectivity index (χ0n) is 12.5. The first kappa shape index (κ1) is 14.7. The third-order valence-electron chi connectivity index (χ3n) is 3.38. The van der Waals surface area contributed by atoms with Crippen LogP contribution < -0.4 is 14.2 Å². The molecule has 2 aromatic rings. The highest BCUT2D eigenvalue weighted by Crippen LogP contribution is 2.28. The first-order valence-corrected chi connectivity index (χ1v) is 7.56. The molecule has 1 heterocycles. The summed E-state index contributed by atoms with van der Waals surface area (Å²) in [5.74, 6) is 2.34. The molecular formula is C18H20O4. The van der Waals surface area contributed by atoms with E-state index >= 15 is 0 Å².